The number of rotatable bonds is 3. The second-order valence-corrected chi connectivity index (χ2v) is 5.09. The molecule has 3 rings (SSSR count). The summed E-state index contributed by atoms with van der Waals surface area (Å²) in [7, 11) is 0. The molecule has 0 aromatic carbocycles. The minimum absolute atomic E-state index is 0.309. The summed E-state index contributed by atoms with van der Waals surface area (Å²) >= 11 is 1.59. The third kappa shape index (κ3) is 1.44. The lowest BCUT2D eigenvalue weighted by Gasteiger charge is -2.00. The van der Waals surface area contributed by atoms with Crippen molar-refractivity contribution in [3.05, 3.63) is 10.8 Å². The van der Waals surface area contributed by atoms with Crippen LogP contribution in [0.3, 0.4) is 0 Å². The van der Waals surface area contributed by atoms with Crippen LogP contribution in [0.2, 0.25) is 0 Å². The molecule has 0 spiro atoms. The quantitative estimate of drug-likeness (QED) is 0.846. The fourth-order valence-corrected chi connectivity index (χ4v) is 2.45. The number of aromatic nitrogens is 4. The van der Waals surface area contributed by atoms with Gasteiger partial charge in [0.1, 0.15) is 5.01 Å². The van der Waals surface area contributed by atoms with Gasteiger partial charge >= 0.3 is 0 Å². The SMILES string of the molecule is CC(CN)c1nn2c(C3CC3)nnc2s1. The maximum absolute atomic E-state index is 5.63. The lowest BCUT2D eigenvalue weighted by atomic mass is 10.2. The summed E-state index contributed by atoms with van der Waals surface area (Å²) in [6.07, 6.45) is 2.44. The summed E-state index contributed by atoms with van der Waals surface area (Å²) in [4.78, 5) is 0.896. The number of hydrogen-bond donors (Lipinski definition) is 1. The molecule has 5 nitrogen and oxygen atoms in total. The van der Waals surface area contributed by atoms with Crippen molar-refractivity contribution in [2.45, 2.75) is 31.6 Å². The Morgan fingerprint density at radius 3 is 3.00 bits per heavy atom. The molecule has 1 aliphatic rings. The van der Waals surface area contributed by atoms with Gasteiger partial charge in [-0.1, -0.05) is 18.3 Å². The Balaban J connectivity index is 2.06. The Labute approximate surface area is 91.3 Å². The van der Waals surface area contributed by atoms with E-state index in [9.17, 15) is 0 Å². The van der Waals surface area contributed by atoms with Crippen molar-refractivity contribution in [1.29, 1.82) is 0 Å². The zero-order valence-corrected chi connectivity index (χ0v) is 9.37. The molecule has 80 valence electrons. The fourth-order valence-electron chi connectivity index (χ4n) is 1.54. The highest BCUT2D eigenvalue weighted by atomic mass is 32.1. The van der Waals surface area contributed by atoms with Crippen molar-refractivity contribution in [3.63, 3.8) is 0 Å². The van der Waals surface area contributed by atoms with E-state index in [1.807, 2.05) is 4.52 Å². The Bertz CT molecular complexity index is 484. The third-order valence-corrected chi connectivity index (χ3v) is 3.88. The number of fused-ring (bicyclic) bond motifs is 1. The predicted molar refractivity (Wildman–Crippen MR) is 58.1 cm³/mol. The highest BCUT2D eigenvalue weighted by Gasteiger charge is 2.30. The van der Waals surface area contributed by atoms with Crippen LogP contribution in [-0.4, -0.2) is 26.4 Å². The first kappa shape index (κ1) is 9.23. The van der Waals surface area contributed by atoms with E-state index in [0.29, 0.717) is 18.4 Å². The molecule has 1 atom stereocenters. The fraction of sp³-hybridized carbons (Fsp3) is 0.667. The molecule has 0 radical (unpaired) electrons. The third-order valence-electron chi connectivity index (χ3n) is 2.75. The Kier molecular flexibility index (Phi) is 2.00. The van der Waals surface area contributed by atoms with Gasteiger partial charge in [-0.25, -0.2) is 0 Å². The van der Waals surface area contributed by atoms with Gasteiger partial charge in [0, 0.05) is 18.4 Å². The normalized spacial score (nSPS) is 18.5. The molecular weight excluding hydrogens is 210 g/mol. The first-order chi connectivity index (χ1) is 7.29. The molecule has 2 N–H and O–H groups in total. The summed E-state index contributed by atoms with van der Waals surface area (Å²) in [6.45, 7) is 2.71. The molecule has 1 unspecified atom stereocenters. The summed E-state index contributed by atoms with van der Waals surface area (Å²) < 4.78 is 1.89. The van der Waals surface area contributed by atoms with Crippen LogP contribution in [0, 0.1) is 0 Å². The molecule has 1 aliphatic carbocycles. The summed E-state index contributed by atoms with van der Waals surface area (Å²) in [5, 5.41) is 13.9. The van der Waals surface area contributed by atoms with Crippen molar-refractivity contribution < 1.29 is 0 Å². The van der Waals surface area contributed by atoms with Crippen LogP contribution in [0.25, 0.3) is 4.96 Å². The van der Waals surface area contributed by atoms with Crippen LogP contribution in [-0.2, 0) is 0 Å². The predicted octanol–water partition coefficient (Wildman–Crippen LogP) is 1.13. The van der Waals surface area contributed by atoms with Crippen molar-refractivity contribution in [1.82, 2.24) is 19.8 Å². The molecule has 0 bridgehead atoms. The molecular formula is C9H13N5S. The molecule has 15 heavy (non-hydrogen) atoms. The van der Waals surface area contributed by atoms with Gasteiger partial charge in [-0.2, -0.15) is 9.61 Å². The van der Waals surface area contributed by atoms with Gasteiger partial charge in [0.15, 0.2) is 5.82 Å². The number of hydrogen-bond acceptors (Lipinski definition) is 5. The topological polar surface area (TPSA) is 69.1 Å². The van der Waals surface area contributed by atoms with Crippen LogP contribution in [0.1, 0.15) is 42.4 Å². The lowest BCUT2D eigenvalue weighted by molar-refractivity contribution is 0.723. The summed E-state index contributed by atoms with van der Waals surface area (Å²) in [5.41, 5.74) is 5.63. The number of nitrogens with two attached hydrogens (primary N) is 1. The molecule has 2 aromatic heterocycles. The molecule has 2 heterocycles. The Hall–Kier alpha value is -1.01. The standard InChI is InChI=1S/C9H13N5S/c1-5(4-10)8-13-14-7(6-2-3-6)11-12-9(14)15-8/h5-6H,2-4,10H2,1H3. The van der Waals surface area contributed by atoms with Crippen molar-refractivity contribution in [2.24, 2.45) is 5.73 Å². The Morgan fingerprint density at radius 1 is 1.53 bits per heavy atom. The van der Waals surface area contributed by atoms with E-state index in [1.165, 1.54) is 12.8 Å². The smallest absolute Gasteiger partial charge is 0.234 e. The van der Waals surface area contributed by atoms with Crippen LogP contribution in [0.4, 0.5) is 0 Å². The van der Waals surface area contributed by atoms with Gasteiger partial charge in [-0.3, -0.25) is 0 Å². The van der Waals surface area contributed by atoms with Crippen molar-refractivity contribution in [2.75, 3.05) is 6.54 Å². The Morgan fingerprint density at radius 2 is 2.33 bits per heavy atom. The van der Waals surface area contributed by atoms with E-state index in [-0.39, 0.29) is 0 Å². The van der Waals surface area contributed by atoms with Gasteiger partial charge < -0.3 is 5.73 Å². The highest BCUT2D eigenvalue weighted by Crippen LogP contribution is 2.39. The van der Waals surface area contributed by atoms with Crippen LogP contribution in [0.5, 0.6) is 0 Å². The molecule has 1 fully saturated rings. The minimum Gasteiger partial charge on any atom is -0.330 e. The zero-order valence-electron chi connectivity index (χ0n) is 8.55. The first-order valence-corrected chi connectivity index (χ1v) is 6.03. The maximum atomic E-state index is 5.63. The number of nitrogens with zero attached hydrogens (tertiary/aromatic N) is 4. The van der Waals surface area contributed by atoms with Gasteiger partial charge in [0.2, 0.25) is 4.96 Å². The van der Waals surface area contributed by atoms with E-state index < -0.39 is 0 Å². The average molecular weight is 223 g/mol. The van der Waals surface area contributed by atoms with E-state index in [4.69, 9.17) is 5.73 Å². The van der Waals surface area contributed by atoms with Crippen molar-refractivity contribution in [3.8, 4) is 0 Å². The van der Waals surface area contributed by atoms with Gasteiger partial charge in [-0.15, -0.1) is 10.2 Å². The van der Waals surface area contributed by atoms with Gasteiger partial charge in [0.05, 0.1) is 0 Å². The second kappa shape index (κ2) is 3.24. The zero-order chi connectivity index (χ0) is 10.4. The van der Waals surface area contributed by atoms with Gasteiger partial charge in [0.25, 0.3) is 0 Å². The summed E-state index contributed by atoms with van der Waals surface area (Å²) in [5.74, 6) is 1.92. The van der Waals surface area contributed by atoms with E-state index in [0.717, 1.165) is 15.8 Å². The van der Waals surface area contributed by atoms with Crippen LogP contribution >= 0.6 is 11.3 Å². The van der Waals surface area contributed by atoms with E-state index >= 15 is 0 Å². The monoisotopic (exact) mass is 223 g/mol. The second-order valence-electron chi connectivity index (χ2n) is 4.10. The van der Waals surface area contributed by atoms with Gasteiger partial charge in [-0.05, 0) is 12.8 Å². The minimum atomic E-state index is 0.309. The maximum Gasteiger partial charge on any atom is 0.234 e. The molecule has 0 saturated heterocycles. The molecule has 0 amide bonds. The molecule has 6 heteroatoms. The average Bonchev–Trinajstić information content (AvgIpc) is 2.87. The van der Waals surface area contributed by atoms with Crippen LogP contribution < -0.4 is 5.73 Å². The lowest BCUT2D eigenvalue weighted by Crippen LogP contribution is -2.09. The van der Waals surface area contributed by atoms with E-state index in [1.54, 1.807) is 11.3 Å². The first-order valence-electron chi connectivity index (χ1n) is 5.21. The molecule has 1 saturated carbocycles. The highest BCUT2D eigenvalue weighted by molar-refractivity contribution is 7.16. The van der Waals surface area contributed by atoms with E-state index in [2.05, 4.69) is 22.2 Å². The summed E-state index contributed by atoms with van der Waals surface area (Å²) in [6, 6.07) is 0. The molecule has 0 aliphatic heterocycles. The van der Waals surface area contributed by atoms with Crippen molar-refractivity contribution >= 4 is 16.3 Å². The van der Waals surface area contributed by atoms with Crippen LogP contribution in [0.15, 0.2) is 0 Å². The largest absolute Gasteiger partial charge is 0.330 e. The molecule has 2 aromatic rings.